The van der Waals surface area contributed by atoms with Crippen LogP contribution in [0.2, 0.25) is 0 Å². The van der Waals surface area contributed by atoms with E-state index in [1.54, 1.807) is 7.11 Å². The van der Waals surface area contributed by atoms with Gasteiger partial charge in [0.1, 0.15) is 0 Å². The van der Waals surface area contributed by atoms with Gasteiger partial charge in [-0.05, 0) is 23.0 Å². The summed E-state index contributed by atoms with van der Waals surface area (Å²) in [7, 11) is 1.75. The fraction of sp³-hybridized carbons (Fsp3) is 0.600. The number of hydrogen-bond donors (Lipinski definition) is 1. The zero-order valence-corrected chi connectivity index (χ0v) is 11.5. The summed E-state index contributed by atoms with van der Waals surface area (Å²) in [5, 5.41) is 3.45. The van der Waals surface area contributed by atoms with Gasteiger partial charge in [0.15, 0.2) is 0 Å². The van der Waals surface area contributed by atoms with Crippen LogP contribution in [0.25, 0.3) is 0 Å². The van der Waals surface area contributed by atoms with Crippen molar-refractivity contribution < 1.29 is 4.74 Å². The van der Waals surface area contributed by atoms with E-state index in [0.29, 0.717) is 11.8 Å². The Morgan fingerprint density at radius 2 is 1.76 bits per heavy atom. The zero-order chi connectivity index (χ0) is 12.7. The number of hydrogen-bond acceptors (Lipinski definition) is 2. The van der Waals surface area contributed by atoms with Gasteiger partial charge in [-0.1, -0.05) is 45.0 Å². The maximum Gasteiger partial charge on any atom is 0.0499 e. The third-order valence-electron chi connectivity index (χ3n) is 2.92. The van der Waals surface area contributed by atoms with Gasteiger partial charge in [-0.25, -0.2) is 0 Å². The van der Waals surface area contributed by atoms with E-state index in [4.69, 9.17) is 4.74 Å². The Bertz CT molecular complexity index is 305. The van der Waals surface area contributed by atoms with Gasteiger partial charge < -0.3 is 10.1 Å². The van der Waals surface area contributed by atoms with Crippen LogP contribution in [0.15, 0.2) is 24.3 Å². The Morgan fingerprint density at radius 1 is 1.12 bits per heavy atom. The molecule has 1 unspecified atom stereocenters. The van der Waals surface area contributed by atoms with Crippen LogP contribution < -0.4 is 5.32 Å². The van der Waals surface area contributed by atoms with Gasteiger partial charge in [0.05, 0.1) is 0 Å². The van der Waals surface area contributed by atoms with Gasteiger partial charge in [-0.15, -0.1) is 0 Å². The van der Waals surface area contributed by atoms with Crippen molar-refractivity contribution in [2.75, 3.05) is 20.3 Å². The van der Waals surface area contributed by atoms with Crippen LogP contribution in [-0.4, -0.2) is 20.3 Å². The normalized spacial score (nSPS) is 13.0. The highest BCUT2D eigenvalue weighted by Crippen LogP contribution is 2.14. The van der Waals surface area contributed by atoms with Gasteiger partial charge in [-0.2, -0.15) is 0 Å². The molecule has 0 spiro atoms. The largest absolute Gasteiger partial charge is 0.384 e. The molecule has 0 aliphatic rings. The third kappa shape index (κ3) is 5.33. The SMILES string of the molecule is COCC(C)CNCc1ccc(C(C)C)cc1. The third-order valence-corrected chi connectivity index (χ3v) is 2.92. The van der Waals surface area contributed by atoms with E-state index in [-0.39, 0.29) is 0 Å². The summed E-state index contributed by atoms with van der Waals surface area (Å²) in [6.45, 7) is 9.39. The number of methoxy groups -OCH3 is 1. The van der Waals surface area contributed by atoms with Crippen molar-refractivity contribution >= 4 is 0 Å². The average molecular weight is 235 g/mol. The zero-order valence-electron chi connectivity index (χ0n) is 11.5. The van der Waals surface area contributed by atoms with E-state index < -0.39 is 0 Å². The van der Waals surface area contributed by atoms with Crippen molar-refractivity contribution in [1.29, 1.82) is 0 Å². The van der Waals surface area contributed by atoms with E-state index in [2.05, 4.69) is 50.4 Å². The Labute approximate surface area is 105 Å². The predicted molar refractivity (Wildman–Crippen MR) is 73.3 cm³/mol. The highest BCUT2D eigenvalue weighted by atomic mass is 16.5. The lowest BCUT2D eigenvalue weighted by molar-refractivity contribution is 0.158. The summed E-state index contributed by atoms with van der Waals surface area (Å²) in [5.74, 6) is 1.17. The molecule has 0 aliphatic heterocycles. The second-order valence-electron chi connectivity index (χ2n) is 5.09. The Balaban J connectivity index is 2.32. The molecule has 0 aliphatic carbocycles. The molecule has 1 atom stereocenters. The van der Waals surface area contributed by atoms with Crippen LogP contribution >= 0.6 is 0 Å². The lowest BCUT2D eigenvalue weighted by Gasteiger charge is -2.12. The second-order valence-corrected chi connectivity index (χ2v) is 5.09. The van der Waals surface area contributed by atoms with Gasteiger partial charge in [0, 0.05) is 26.8 Å². The molecule has 0 aromatic heterocycles. The van der Waals surface area contributed by atoms with Crippen molar-refractivity contribution in [2.24, 2.45) is 5.92 Å². The van der Waals surface area contributed by atoms with Crippen LogP contribution in [0, 0.1) is 5.92 Å². The van der Waals surface area contributed by atoms with Gasteiger partial charge in [0.25, 0.3) is 0 Å². The lowest BCUT2D eigenvalue weighted by atomic mass is 10.0. The maximum absolute atomic E-state index is 5.11. The molecule has 2 nitrogen and oxygen atoms in total. The molecule has 0 saturated carbocycles. The smallest absolute Gasteiger partial charge is 0.0499 e. The van der Waals surface area contributed by atoms with Crippen LogP contribution in [0.3, 0.4) is 0 Å². The van der Waals surface area contributed by atoms with Gasteiger partial charge in [0.2, 0.25) is 0 Å². The maximum atomic E-state index is 5.11. The monoisotopic (exact) mass is 235 g/mol. The molecule has 1 N–H and O–H groups in total. The first-order valence-electron chi connectivity index (χ1n) is 6.42. The summed E-state index contributed by atoms with van der Waals surface area (Å²) in [6, 6.07) is 8.87. The molecule has 96 valence electrons. The Hall–Kier alpha value is -0.860. The lowest BCUT2D eigenvalue weighted by Crippen LogP contribution is -2.23. The van der Waals surface area contributed by atoms with E-state index in [0.717, 1.165) is 19.7 Å². The molecule has 0 fully saturated rings. The molecule has 2 heteroatoms. The molecule has 0 saturated heterocycles. The van der Waals surface area contributed by atoms with Crippen LogP contribution in [0.4, 0.5) is 0 Å². The minimum absolute atomic E-state index is 0.565. The minimum atomic E-state index is 0.565. The van der Waals surface area contributed by atoms with Crippen LogP contribution in [0.5, 0.6) is 0 Å². The summed E-state index contributed by atoms with van der Waals surface area (Å²) >= 11 is 0. The molecule has 17 heavy (non-hydrogen) atoms. The molecular formula is C15H25NO. The highest BCUT2D eigenvalue weighted by molar-refractivity contribution is 5.24. The van der Waals surface area contributed by atoms with Crippen LogP contribution in [-0.2, 0) is 11.3 Å². The molecule has 1 aromatic carbocycles. The average Bonchev–Trinajstić information content (AvgIpc) is 2.30. The summed E-state index contributed by atoms with van der Waals surface area (Å²) in [4.78, 5) is 0. The summed E-state index contributed by atoms with van der Waals surface area (Å²) in [5.41, 5.74) is 2.75. The van der Waals surface area contributed by atoms with Crippen molar-refractivity contribution in [2.45, 2.75) is 33.2 Å². The Kier molecular flexibility index (Phi) is 6.23. The minimum Gasteiger partial charge on any atom is -0.384 e. The molecule has 0 heterocycles. The molecule has 1 rings (SSSR count). The first-order chi connectivity index (χ1) is 8.13. The Morgan fingerprint density at radius 3 is 2.29 bits per heavy atom. The standard InChI is InChI=1S/C15H25NO/c1-12(2)15-7-5-14(6-8-15)10-16-9-13(3)11-17-4/h5-8,12-13,16H,9-11H2,1-4H3. The first-order valence-corrected chi connectivity index (χ1v) is 6.42. The summed E-state index contributed by atoms with van der Waals surface area (Å²) in [6.07, 6.45) is 0. The predicted octanol–water partition coefficient (Wildman–Crippen LogP) is 3.18. The van der Waals surface area contributed by atoms with Gasteiger partial charge >= 0.3 is 0 Å². The molecule has 0 amide bonds. The quantitative estimate of drug-likeness (QED) is 0.783. The fourth-order valence-corrected chi connectivity index (χ4v) is 1.83. The highest BCUT2D eigenvalue weighted by Gasteiger charge is 2.01. The second kappa shape index (κ2) is 7.46. The number of nitrogens with one attached hydrogen (secondary N) is 1. The molecule has 0 radical (unpaired) electrons. The molecule has 0 bridgehead atoms. The number of ether oxygens (including phenoxy) is 1. The van der Waals surface area contributed by atoms with Crippen molar-refractivity contribution in [3.05, 3.63) is 35.4 Å². The number of rotatable bonds is 7. The van der Waals surface area contributed by atoms with E-state index in [1.165, 1.54) is 11.1 Å². The molecule has 1 aromatic rings. The number of benzene rings is 1. The van der Waals surface area contributed by atoms with Gasteiger partial charge in [-0.3, -0.25) is 0 Å². The van der Waals surface area contributed by atoms with Crippen molar-refractivity contribution in [3.63, 3.8) is 0 Å². The topological polar surface area (TPSA) is 21.3 Å². The first kappa shape index (κ1) is 14.2. The van der Waals surface area contributed by atoms with E-state index in [9.17, 15) is 0 Å². The van der Waals surface area contributed by atoms with Crippen molar-refractivity contribution in [3.8, 4) is 0 Å². The van der Waals surface area contributed by atoms with E-state index in [1.807, 2.05) is 0 Å². The van der Waals surface area contributed by atoms with Crippen LogP contribution in [0.1, 0.15) is 37.8 Å². The summed E-state index contributed by atoms with van der Waals surface area (Å²) < 4.78 is 5.11. The molecular weight excluding hydrogens is 210 g/mol. The van der Waals surface area contributed by atoms with Crippen molar-refractivity contribution in [1.82, 2.24) is 5.32 Å². The van der Waals surface area contributed by atoms with E-state index >= 15 is 0 Å². The fourth-order valence-electron chi connectivity index (χ4n) is 1.83.